The molecule has 27 heavy (non-hydrogen) atoms. The van der Waals surface area contributed by atoms with Crippen LogP contribution in [0.4, 0.5) is 13.2 Å². The number of aliphatic imine (C=N–C) groups is 1. The smallest absolute Gasteiger partial charge is 0.357 e. The van der Waals surface area contributed by atoms with E-state index in [9.17, 15) is 13.2 Å². The molecule has 158 valence electrons. The molecule has 0 aliphatic heterocycles. The van der Waals surface area contributed by atoms with Crippen LogP contribution >= 0.6 is 24.0 Å². The van der Waals surface area contributed by atoms with Crippen molar-refractivity contribution in [1.29, 1.82) is 0 Å². The SMILES string of the molecule is CCNC(=NCCCn1nc(C)cc1C)NCCCN(C)CC(F)(F)F.I. The molecule has 0 atom stereocenters. The van der Waals surface area contributed by atoms with Gasteiger partial charge in [-0.3, -0.25) is 14.6 Å². The van der Waals surface area contributed by atoms with Gasteiger partial charge < -0.3 is 10.6 Å². The normalized spacial score (nSPS) is 12.2. The highest BCUT2D eigenvalue weighted by Gasteiger charge is 2.28. The predicted octanol–water partition coefficient (Wildman–Crippen LogP) is 2.95. The number of alkyl halides is 3. The standard InChI is InChI=1S/C17H31F3N6.HI/c1-5-21-16(22-8-6-10-25(4)13-17(18,19)20)23-9-7-11-26-15(3)12-14(2)24-26;/h12H,5-11,13H2,1-4H3,(H2,21,22,23);1H. The molecule has 1 aromatic rings. The van der Waals surface area contributed by atoms with Gasteiger partial charge in [-0.15, -0.1) is 24.0 Å². The van der Waals surface area contributed by atoms with Gasteiger partial charge >= 0.3 is 6.18 Å². The van der Waals surface area contributed by atoms with Crippen molar-refractivity contribution < 1.29 is 13.2 Å². The van der Waals surface area contributed by atoms with Crippen LogP contribution in [0.2, 0.25) is 0 Å². The average molecular weight is 504 g/mol. The zero-order valence-corrected chi connectivity index (χ0v) is 18.9. The Balaban J connectivity index is 0.00000676. The van der Waals surface area contributed by atoms with E-state index < -0.39 is 12.7 Å². The molecule has 0 fully saturated rings. The number of rotatable bonds is 10. The summed E-state index contributed by atoms with van der Waals surface area (Å²) in [6.45, 7) is 8.25. The number of halogens is 4. The topological polar surface area (TPSA) is 57.5 Å². The van der Waals surface area contributed by atoms with Crippen LogP contribution in [0.15, 0.2) is 11.1 Å². The van der Waals surface area contributed by atoms with Crippen molar-refractivity contribution in [3.8, 4) is 0 Å². The second-order valence-corrected chi connectivity index (χ2v) is 6.40. The van der Waals surface area contributed by atoms with Gasteiger partial charge in [0.05, 0.1) is 12.2 Å². The average Bonchev–Trinajstić information content (AvgIpc) is 2.83. The third kappa shape index (κ3) is 12.1. The molecule has 0 amide bonds. The maximum atomic E-state index is 12.3. The zero-order chi connectivity index (χ0) is 19.6. The molecule has 0 unspecified atom stereocenters. The van der Waals surface area contributed by atoms with E-state index in [0.29, 0.717) is 32.0 Å². The lowest BCUT2D eigenvalue weighted by molar-refractivity contribution is -0.143. The van der Waals surface area contributed by atoms with Crippen molar-refractivity contribution in [2.75, 3.05) is 39.8 Å². The number of hydrogen-bond donors (Lipinski definition) is 2. The summed E-state index contributed by atoms with van der Waals surface area (Å²) in [5, 5.41) is 10.7. The zero-order valence-electron chi connectivity index (χ0n) is 16.6. The first-order valence-electron chi connectivity index (χ1n) is 9.00. The summed E-state index contributed by atoms with van der Waals surface area (Å²) in [7, 11) is 1.48. The van der Waals surface area contributed by atoms with Crippen molar-refractivity contribution >= 4 is 29.9 Å². The third-order valence-corrected chi connectivity index (χ3v) is 3.70. The van der Waals surface area contributed by atoms with Crippen LogP contribution < -0.4 is 10.6 Å². The van der Waals surface area contributed by atoms with Gasteiger partial charge in [-0.05, 0) is 53.3 Å². The highest BCUT2D eigenvalue weighted by atomic mass is 127. The summed E-state index contributed by atoms with van der Waals surface area (Å²) in [5.74, 6) is 0.694. The molecule has 0 aliphatic rings. The molecule has 0 radical (unpaired) electrons. The van der Waals surface area contributed by atoms with E-state index in [4.69, 9.17) is 0 Å². The lowest BCUT2D eigenvalue weighted by Crippen LogP contribution is -2.39. The van der Waals surface area contributed by atoms with Crippen molar-refractivity contribution in [3.05, 3.63) is 17.5 Å². The van der Waals surface area contributed by atoms with E-state index in [2.05, 4.69) is 20.7 Å². The summed E-state index contributed by atoms with van der Waals surface area (Å²) >= 11 is 0. The summed E-state index contributed by atoms with van der Waals surface area (Å²) < 4.78 is 38.8. The van der Waals surface area contributed by atoms with Gasteiger partial charge in [-0.1, -0.05) is 0 Å². The van der Waals surface area contributed by atoms with Crippen LogP contribution in [0.25, 0.3) is 0 Å². The number of guanidine groups is 1. The molecule has 0 aromatic carbocycles. The summed E-state index contributed by atoms with van der Waals surface area (Å²) in [4.78, 5) is 5.78. The van der Waals surface area contributed by atoms with Crippen LogP contribution in [-0.4, -0.2) is 66.6 Å². The highest BCUT2D eigenvalue weighted by molar-refractivity contribution is 14.0. The molecule has 1 aromatic heterocycles. The fourth-order valence-corrected chi connectivity index (χ4v) is 2.60. The molecule has 10 heteroatoms. The van der Waals surface area contributed by atoms with E-state index in [1.165, 1.54) is 11.9 Å². The van der Waals surface area contributed by atoms with E-state index in [1.54, 1.807) is 0 Å². The fourth-order valence-electron chi connectivity index (χ4n) is 2.60. The molecule has 0 spiro atoms. The molecule has 0 aliphatic carbocycles. The van der Waals surface area contributed by atoms with Crippen LogP contribution in [0.5, 0.6) is 0 Å². The minimum absolute atomic E-state index is 0. The Bertz CT molecular complexity index is 559. The van der Waals surface area contributed by atoms with Gasteiger partial charge in [0, 0.05) is 31.9 Å². The Morgan fingerprint density at radius 1 is 1.26 bits per heavy atom. The Labute approximate surface area is 177 Å². The molecule has 2 N–H and O–H groups in total. The van der Waals surface area contributed by atoms with Crippen LogP contribution in [0.3, 0.4) is 0 Å². The first-order valence-corrected chi connectivity index (χ1v) is 9.00. The molecule has 0 bridgehead atoms. The quantitative estimate of drug-likeness (QED) is 0.223. The number of nitrogens with zero attached hydrogens (tertiary/aromatic N) is 4. The van der Waals surface area contributed by atoms with Gasteiger partial charge in [-0.25, -0.2) is 0 Å². The highest BCUT2D eigenvalue weighted by Crippen LogP contribution is 2.15. The lowest BCUT2D eigenvalue weighted by Gasteiger charge is -2.18. The lowest BCUT2D eigenvalue weighted by atomic mass is 10.4. The molecule has 0 saturated heterocycles. The van der Waals surface area contributed by atoms with Crippen molar-refractivity contribution in [2.24, 2.45) is 4.99 Å². The van der Waals surface area contributed by atoms with Crippen LogP contribution in [0, 0.1) is 13.8 Å². The Morgan fingerprint density at radius 2 is 1.96 bits per heavy atom. The predicted molar refractivity (Wildman–Crippen MR) is 114 cm³/mol. The second-order valence-electron chi connectivity index (χ2n) is 6.40. The first kappa shape index (κ1) is 26.0. The minimum atomic E-state index is -4.15. The molecule has 0 saturated carbocycles. The fraction of sp³-hybridized carbons (Fsp3) is 0.765. The van der Waals surface area contributed by atoms with Crippen molar-refractivity contribution in [1.82, 2.24) is 25.3 Å². The van der Waals surface area contributed by atoms with Gasteiger partial charge in [0.25, 0.3) is 0 Å². The first-order chi connectivity index (χ1) is 12.2. The van der Waals surface area contributed by atoms with E-state index in [0.717, 1.165) is 30.9 Å². The number of hydrogen-bond acceptors (Lipinski definition) is 3. The van der Waals surface area contributed by atoms with Crippen molar-refractivity contribution in [3.63, 3.8) is 0 Å². The summed E-state index contributed by atoms with van der Waals surface area (Å²) in [6, 6.07) is 2.05. The number of nitrogens with one attached hydrogen (secondary N) is 2. The summed E-state index contributed by atoms with van der Waals surface area (Å²) in [6.07, 6.45) is -2.67. The molecule has 1 heterocycles. The number of aryl methyl sites for hydroxylation is 3. The number of aromatic nitrogens is 2. The van der Waals surface area contributed by atoms with E-state index in [1.807, 2.05) is 31.5 Å². The Hall–Kier alpha value is -1.04. The van der Waals surface area contributed by atoms with Crippen molar-refractivity contribution in [2.45, 2.75) is 46.3 Å². The largest absolute Gasteiger partial charge is 0.401 e. The monoisotopic (exact) mass is 504 g/mol. The van der Waals surface area contributed by atoms with E-state index >= 15 is 0 Å². The van der Waals surface area contributed by atoms with Gasteiger partial charge in [0.2, 0.25) is 0 Å². The van der Waals surface area contributed by atoms with Gasteiger partial charge in [0.15, 0.2) is 5.96 Å². The van der Waals surface area contributed by atoms with E-state index in [-0.39, 0.29) is 24.0 Å². The molecular weight excluding hydrogens is 472 g/mol. The third-order valence-electron chi connectivity index (χ3n) is 3.70. The van der Waals surface area contributed by atoms with Gasteiger partial charge in [0.1, 0.15) is 0 Å². The molecule has 1 rings (SSSR count). The Kier molecular flexibility index (Phi) is 12.7. The van der Waals surface area contributed by atoms with Crippen LogP contribution in [-0.2, 0) is 6.54 Å². The maximum absolute atomic E-state index is 12.3. The molecular formula is C17H32F3IN6. The molecule has 6 nitrogen and oxygen atoms in total. The maximum Gasteiger partial charge on any atom is 0.401 e. The second kappa shape index (κ2) is 13.2. The minimum Gasteiger partial charge on any atom is -0.357 e. The van der Waals surface area contributed by atoms with Gasteiger partial charge in [-0.2, -0.15) is 18.3 Å². The Morgan fingerprint density at radius 3 is 2.52 bits per heavy atom. The summed E-state index contributed by atoms with van der Waals surface area (Å²) in [5.41, 5.74) is 2.15. The van der Waals surface area contributed by atoms with Crippen LogP contribution in [0.1, 0.15) is 31.2 Å².